The molecule has 1 heterocycles. The summed E-state index contributed by atoms with van der Waals surface area (Å²) >= 11 is 0. The van der Waals surface area contributed by atoms with Gasteiger partial charge in [0.15, 0.2) is 0 Å². The lowest BCUT2D eigenvalue weighted by Crippen LogP contribution is -2.68. The van der Waals surface area contributed by atoms with Gasteiger partial charge in [-0.1, -0.05) is 142 Å². The summed E-state index contributed by atoms with van der Waals surface area (Å²) in [5.74, 6) is 0. The smallest absolute Gasteiger partial charge is 0.261 e. The van der Waals surface area contributed by atoms with Gasteiger partial charge in [-0.25, -0.2) is 0 Å². The third kappa shape index (κ3) is 6.42. The molecular formula is C35H42N2OSi. The molecule has 0 spiro atoms. The number of nitrogens with zero attached hydrogens (tertiary/aromatic N) is 2. The molecule has 4 heteroatoms. The topological polar surface area (TPSA) is 15.7 Å². The highest BCUT2D eigenvalue weighted by atomic mass is 28.4. The Kier molecular flexibility index (Phi) is 8.78. The molecule has 0 N–H and O–H groups in total. The molecule has 1 fully saturated rings. The SMILES string of the molecule is CC(C)(C)[Si](OCC1CN(Cc2ccccc2)CCN1Cc1ccccc1)(c1ccccc1)c1ccccc1. The van der Waals surface area contributed by atoms with E-state index in [-0.39, 0.29) is 5.04 Å². The minimum Gasteiger partial charge on any atom is -0.406 e. The normalized spacial score (nSPS) is 17.3. The van der Waals surface area contributed by atoms with Gasteiger partial charge in [-0.15, -0.1) is 0 Å². The van der Waals surface area contributed by atoms with Gasteiger partial charge in [0.05, 0.1) is 6.61 Å². The second kappa shape index (κ2) is 12.4. The van der Waals surface area contributed by atoms with Gasteiger partial charge in [0, 0.05) is 38.8 Å². The Balaban J connectivity index is 1.46. The average Bonchev–Trinajstić information content (AvgIpc) is 2.96. The summed E-state index contributed by atoms with van der Waals surface area (Å²) in [5.41, 5.74) is 2.74. The van der Waals surface area contributed by atoms with Crippen molar-refractivity contribution in [3.05, 3.63) is 132 Å². The van der Waals surface area contributed by atoms with Gasteiger partial charge in [0.2, 0.25) is 0 Å². The van der Waals surface area contributed by atoms with E-state index in [2.05, 4.69) is 152 Å². The Morgan fingerprint density at radius 1 is 0.641 bits per heavy atom. The largest absolute Gasteiger partial charge is 0.406 e. The molecule has 1 aliphatic heterocycles. The minimum atomic E-state index is -2.60. The highest BCUT2D eigenvalue weighted by molar-refractivity contribution is 6.99. The van der Waals surface area contributed by atoms with Crippen molar-refractivity contribution in [2.24, 2.45) is 0 Å². The molecule has 4 aromatic rings. The highest BCUT2D eigenvalue weighted by Gasteiger charge is 2.50. The van der Waals surface area contributed by atoms with Crippen molar-refractivity contribution in [3.8, 4) is 0 Å². The summed E-state index contributed by atoms with van der Waals surface area (Å²) in [6.45, 7) is 12.8. The van der Waals surface area contributed by atoms with Crippen LogP contribution in [0.5, 0.6) is 0 Å². The van der Waals surface area contributed by atoms with Crippen LogP contribution in [-0.2, 0) is 17.5 Å². The van der Waals surface area contributed by atoms with Crippen molar-refractivity contribution < 1.29 is 4.43 Å². The van der Waals surface area contributed by atoms with Gasteiger partial charge < -0.3 is 4.43 Å². The van der Waals surface area contributed by atoms with Crippen molar-refractivity contribution >= 4 is 18.7 Å². The number of benzene rings is 4. The van der Waals surface area contributed by atoms with Crippen LogP contribution in [-0.4, -0.2) is 50.4 Å². The molecule has 0 aliphatic carbocycles. The summed E-state index contributed by atoms with van der Waals surface area (Å²) in [6.07, 6.45) is 0. The Hall–Kier alpha value is -3.02. The summed E-state index contributed by atoms with van der Waals surface area (Å²) in [7, 11) is -2.60. The molecule has 0 aromatic heterocycles. The van der Waals surface area contributed by atoms with E-state index in [4.69, 9.17) is 4.43 Å². The fourth-order valence-electron chi connectivity index (χ4n) is 6.11. The second-order valence-electron chi connectivity index (χ2n) is 11.8. The molecule has 1 unspecified atom stereocenters. The molecule has 1 aliphatic rings. The zero-order valence-electron chi connectivity index (χ0n) is 23.7. The molecule has 5 rings (SSSR count). The fourth-order valence-corrected chi connectivity index (χ4v) is 10.7. The summed E-state index contributed by atoms with van der Waals surface area (Å²) in [4.78, 5) is 5.25. The third-order valence-corrected chi connectivity index (χ3v) is 13.1. The van der Waals surface area contributed by atoms with Gasteiger partial charge in [-0.05, 0) is 26.5 Å². The maximum Gasteiger partial charge on any atom is 0.261 e. The third-order valence-electron chi connectivity index (χ3n) is 8.08. The number of rotatable bonds is 9. The van der Waals surface area contributed by atoms with Crippen LogP contribution in [0.1, 0.15) is 31.9 Å². The van der Waals surface area contributed by atoms with E-state index in [1.165, 1.54) is 21.5 Å². The first-order chi connectivity index (χ1) is 19.0. The summed E-state index contributed by atoms with van der Waals surface area (Å²) < 4.78 is 7.44. The molecule has 0 amide bonds. The quantitative estimate of drug-likeness (QED) is 0.247. The fraction of sp³-hybridized carbons (Fsp3) is 0.314. The minimum absolute atomic E-state index is 0.0294. The predicted molar refractivity (Wildman–Crippen MR) is 166 cm³/mol. The van der Waals surface area contributed by atoms with E-state index in [9.17, 15) is 0 Å². The van der Waals surface area contributed by atoms with Crippen LogP contribution in [0.3, 0.4) is 0 Å². The molecule has 1 saturated heterocycles. The number of piperazine rings is 1. The lowest BCUT2D eigenvalue weighted by Gasteiger charge is -2.46. The van der Waals surface area contributed by atoms with Crippen LogP contribution in [0, 0.1) is 0 Å². The molecule has 0 bridgehead atoms. The van der Waals surface area contributed by atoms with Gasteiger partial charge in [-0.3, -0.25) is 9.80 Å². The summed E-state index contributed by atoms with van der Waals surface area (Å²) in [6, 6.07) is 44.1. The Labute approximate surface area is 236 Å². The van der Waals surface area contributed by atoms with E-state index in [0.717, 1.165) is 32.7 Å². The number of hydrogen-bond acceptors (Lipinski definition) is 3. The van der Waals surface area contributed by atoms with Crippen LogP contribution in [0.25, 0.3) is 0 Å². The van der Waals surface area contributed by atoms with E-state index < -0.39 is 8.32 Å². The molecule has 1 atom stereocenters. The number of hydrogen-bond donors (Lipinski definition) is 0. The van der Waals surface area contributed by atoms with Gasteiger partial charge in [0.1, 0.15) is 0 Å². The van der Waals surface area contributed by atoms with Gasteiger partial charge in [0.25, 0.3) is 8.32 Å². The Bertz CT molecular complexity index is 1240. The Morgan fingerprint density at radius 2 is 1.10 bits per heavy atom. The molecule has 0 saturated carbocycles. The van der Waals surface area contributed by atoms with E-state index in [0.29, 0.717) is 12.6 Å². The van der Waals surface area contributed by atoms with Crippen molar-refractivity contribution in [3.63, 3.8) is 0 Å². The van der Waals surface area contributed by atoms with Crippen molar-refractivity contribution in [1.29, 1.82) is 0 Å². The van der Waals surface area contributed by atoms with E-state index in [1.807, 2.05) is 0 Å². The van der Waals surface area contributed by atoms with Crippen LogP contribution in [0.15, 0.2) is 121 Å². The van der Waals surface area contributed by atoms with Crippen LogP contribution in [0.2, 0.25) is 5.04 Å². The predicted octanol–water partition coefficient (Wildman–Crippen LogP) is 5.95. The highest BCUT2D eigenvalue weighted by Crippen LogP contribution is 2.37. The zero-order valence-corrected chi connectivity index (χ0v) is 24.7. The standard InChI is InChI=1S/C35H42N2OSi/c1-35(2,3)39(33-20-12-6-13-21-33,34-22-14-7-15-23-34)38-29-32-28-36(26-30-16-8-4-9-17-30)24-25-37(32)27-31-18-10-5-11-19-31/h4-23,32H,24-29H2,1-3H3. The lowest BCUT2D eigenvalue weighted by molar-refractivity contribution is 0.0353. The lowest BCUT2D eigenvalue weighted by atomic mass is 10.1. The molecular weight excluding hydrogens is 492 g/mol. The second-order valence-corrected chi connectivity index (χ2v) is 16.1. The first-order valence-electron chi connectivity index (χ1n) is 14.2. The van der Waals surface area contributed by atoms with Crippen LogP contribution in [0.4, 0.5) is 0 Å². The van der Waals surface area contributed by atoms with Gasteiger partial charge >= 0.3 is 0 Å². The maximum absolute atomic E-state index is 7.44. The van der Waals surface area contributed by atoms with Crippen LogP contribution >= 0.6 is 0 Å². The van der Waals surface area contributed by atoms with E-state index >= 15 is 0 Å². The molecule has 202 valence electrons. The first-order valence-corrected chi connectivity index (χ1v) is 16.2. The first kappa shape index (κ1) is 27.5. The van der Waals surface area contributed by atoms with Crippen molar-refractivity contribution in [2.75, 3.05) is 26.2 Å². The zero-order chi connectivity index (χ0) is 27.1. The van der Waals surface area contributed by atoms with Gasteiger partial charge in [-0.2, -0.15) is 0 Å². The average molecular weight is 535 g/mol. The van der Waals surface area contributed by atoms with E-state index in [1.54, 1.807) is 0 Å². The van der Waals surface area contributed by atoms with Crippen LogP contribution < -0.4 is 10.4 Å². The maximum atomic E-state index is 7.44. The molecule has 3 nitrogen and oxygen atoms in total. The monoisotopic (exact) mass is 534 g/mol. The van der Waals surface area contributed by atoms with Crippen molar-refractivity contribution in [2.45, 2.75) is 44.9 Å². The Morgan fingerprint density at radius 3 is 1.59 bits per heavy atom. The molecule has 0 radical (unpaired) electrons. The molecule has 4 aromatic carbocycles. The summed E-state index contributed by atoms with van der Waals surface area (Å²) in [5, 5.41) is 2.66. The molecule has 39 heavy (non-hydrogen) atoms. The van der Waals surface area contributed by atoms with Crippen molar-refractivity contribution in [1.82, 2.24) is 9.80 Å².